The van der Waals surface area contributed by atoms with Crippen LogP contribution in [-0.2, 0) is 0 Å². The van der Waals surface area contributed by atoms with Crippen molar-refractivity contribution >= 4 is 22.4 Å². The number of nitrogens with two attached hydrogens (primary N) is 1. The van der Waals surface area contributed by atoms with Gasteiger partial charge < -0.3 is 20.6 Å². The summed E-state index contributed by atoms with van der Waals surface area (Å²) >= 11 is 1.29. The van der Waals surface area contributed by atoms with Gasteiger partial charge in [-0.3, -0.25) is 4.79 Å². The molecule has 0 radical (unpaired) electrons. The fourth-order valence-electron chi connectivity index (χ4n) is 3.65. The van der Waals surface area contributed by atoms with Crippen LogP contribution in [0.1, 0.15) is 29.8 Å². The van der Waals surface area contributed by atoms with Gasteiger partial charge in [-0.25, -0.2) is 4.98 Å². The van der Waals surface area contributed by atoms with Crippen molar-refractivity contribution in [2.75, 3.05) is 39.0 Å². The van der Waals surface area contributed by atoms with Gasteiger partial charge in [0, 0.05) is 37.0 Å². The number of likely N-dealkylation sites (tertiary alicyclic amines) is 2. The molecule has 0 aromatic carbocycles. The second-order valence-electron chi connectivity index (χ2n) is 6.31. The number of rotatable bonds is 1. The summed E-state index contributed by atoms with van der Waals surface area (Å²) in [6.07, 6.45) is 2.35. The monoisotopic (exact) mass is 310 g/mol. The van der Waals surface area contributed by atoms with Crippen LogP contribution in [-0.4, -0.2) is 65.1 Å². The highest BCUT2D eigenvalue weighted by molar-refractivity contribution is 7.13. The van der Waals surface area contributed by atoms with E-state index in [0.717, 1.165) is 38.9 Å². The van der Waals surface area contributed by atoms with E-state index in [1.807, 2.05) is 4.90 Å². The molecule has 0 aliphatic carbocycles. The minimum absolute atomic E-state index is 0.0672. The van der Waals surface area contributed by atoms with Gasteiger partial charge in [-0.05, 0) is 26.3 Å². The third-order valence-electron chi connectivity index (χ3n) is 4.71. The van der Waals surface area contributed by atoms with Crippen LogP contribution in [0.25, 0.3) is 0 Å². The number of aliphatic hydroxyl groups is 1. The zero-order valence-electron chi connectivity index (χ0n) is 12.3. The minimum atomic E-state index is -0.329. The maximum Gasteiger partial charge on any atom is 0.273 e. The van der Waals surface area contributed by atoms with Crippen molar-refractivity contribution in [3.63, 3.8) is 0 Å². The first-order chi connectivity index (χ1) is 10.00. The zero-order valence-corrected chi connectivity index (χ0v) is 13.1. The molecule has 2 fully saturated rings. The summed E-state index contributed by atoms with van der Waals surface area (Å²) in [4.78, 5) is 20.7. The Bertz CT molecular complexity index is 535. The summed E-state index contributed by atoms with van der Waals surface area (Å²) in [5, 5.41) is 12.6. The molecule has 2 aliphatic rings. The maximum absolute atomic E-state index is 12.5. The number of aromatic nitrogens is 1. The van der Waals surface area contributed by atoms with Crippen molar-refractivity contribution in [3.8, 4) is 0 Å². The SMILES string of the molecule is CN1CC[C@H](O)[C@@]2(CCCN(C(=O)c3csc(N)n3)C2)C1. The lowest BCUT2D eigenvalue weighted by atomic mass is 9.71. The molecule has 1 aromatic rings. The summed E-state index contributed by atoms with van der Waals surface area (Å²) < 4.78 is 0. The Morgan fingerprint density at radius 2 is 2.33 bits per heavy atom. The average Bonchev–Trinajstić information content (AvgIpc) is 2.89. The summed E-state index contributed by atoms with van der Waals surface area (Å²) in [5.41, 5.74) is 5.84. The average molecular weight is 310 g/mol. The first kappa shape index (κ1) is 14.7. The van der Waals surface area contributed by atoms with Crippen molar-refractivity contribution in [2.45, 2.75) is 25.4 Å². The quantitative estimate of drug-likeness (QED) is 0.795. The summed E-state index contributed by atoms with van der Waals surface area (Å²) in [6, 6.07) is 0. The number of hydrogen-bond acceptors (Lipinski definition) is 6. The fourth-order valence-corrected chi connectivity index (χ4v) is 4.19. The van der Waals surface area contributed by atoms with E-state index >= 15 is 0 Å². The number of anilines is 1. The zero-order chi connectivity index (χ0) is 15.0. The van der Waals surface area contributed by atoms with Gasteiger partial charge in [0.25, 0.3) is 5.91 Å². The van der Waals surface area contributed by atoms with Crippen molar-refractivity contribution < 1.29 is 9.90 Å². The molecule has 7 heteroatoms. The smallest absolute Gasteiger partial charge is 0.273 e. The molecule has 6 nitrogen and oxygen atoms in total. The highest BCUT2D eigenvalue weighted by atomic mass is 32.1. The van der Waals surface area contributed by atoms with Crippen LogP contribution in [0.15, 0.2) is 5.38 Å². The van der Waals surface area contributed by atoms with Gasteiger partial charge in [0.05, 0.1) is 6.10 Å². The van der Waals surface area contributed by atoms with Gasteiger partial charge >= 0.3 is 0 Å². The Morgan fingerprint density at radius 3 is 3.05 bits per heavy atom. The van der Waals surface area contributed by atoms with Crippen molar-refractivity contribution in [2.24, 2.45) is 5.41 Å². The molecule has 21 heavy (non-hydrogen) atoms. The number of carbonyl (C=O) groups is 1. The molecule has 3 N–H and O–H groups in total. The van der Waals surface area contributed by atoms with E-state index in [9.17, 15) is 9.90 Å². The number of carbonyl (C=O) groups excluding carboxylic acids is 1. The molecular weight excluding hydrogens is 288 g/mol. The fraction of sp³-hybridized carbons (Fsp3) is 0.714. The molecule has 116 valence electrons. The van der Waals surface area contributed by atoms with Crippen LogP contribution in [0.4, 0.5) is 5.13 Å². The summed E-state index contributed by atoms with van der Waals surface area (Å²) in [5.74, 6) is -0.0672. The van der Waals surface area contributed by atoms with E-state index < -0.39 is 0 Å². The predicted octanol–water partition coefficient (Wildman–Crippen LogP) is 0.644. The predicted molar refractivity (Wildman–Crippen MR) is 82.2 cm³/mol. The van der Waals surface area contributed by atoms with Crippen LogP contribution in [0, 0.1) is 5.41 Å². The van der Waals surface area contributed by atoms with E-state index in [0.29, 0.717) is 17.4 Å². The second kappa shape index (κ2) is 5.55. The molecule has 0 unspecified atom stereocenters. The number of aliphatic hydroxyl groups excluding tert-OH is 1. The van der Waals surface area contributed by atoms with Gasteiger partial charge in [-0.2, -0.15) is 0 Å². The Balaban J connectivity index is 1.77. The maximum atomic E-state index is 12.5. The summed E-state index contributed by atoms with van der Waals surface area (Å²) in [7, 11) is 2.08. The standard InChI is InChI=1S/C14H22N4O2S/c1-17-6-3-11(19)14(8-17)4-2-5-18(9-14)12(20)10-7-21-13(15)16-10/h7,11,19H,2-6,8-9H2,1H3,(H2,15,16)/t11-,14-/m0/s1. The van der Waals surface area contributed by atoms with E-state index in [-0.39, 0.29) is 17.4 Å². The molecule has 1 spiro atoms. The summed E-state index contributed by atoms with van der Waals surface area (Å²) in [6.45, 7) is 3.10. The van der Waals surface area contributed by atoms with E-state index in [1.165, 1.54) is 11.3 Å². The molecule has 2 atom stereocenters. The molecule has 0 bridgehead atoms. The van der Waals surface area contributed by atoms with Gasteiger partial charge in [-0.15, -0.1) is 11.3 Å². The minimum Gasteiger partial charge on any atom is -0.392 e. The Morgan fingerprint density at radius 1 is 1.52 bits per heavy atom. The van der Waals surface area contributed by atoms with Crippen molar-refractivity contribution in [1.29, 1.82) is 0 Å². The van der Waals surface area contributed by atoms with Crippen LogP contribution >= 0.6 is 11.3 Å². The van der Waals surface area contributed by atoms with Gasteiger partial charge in [0.1, 0.15) is 5.69 Å². The lowest BCUT2D eigenvalue weighted by Crippen LogP contribution is -2.59. The van der Waals surface area contributed by atoms with Crippen molar-refractivity contribution in [3.05, 3.63) is 11.1 Å². The molecule has 2 saturated heterocycles. The van der Waals surface area contributed by atoms with Gasteiger partial charge in [0.2, 0.25) is 0 Å². The van der Waals surface area contributed by atoms with E-state index in [4.69, 9.17) is 5.73 Å². The first-order valence-electron chi connectivity index (χ1n) is 7.37. The third kappa shape index (κ3) is 2.77. The number of hydrogen-bond donors (Lipinski definition) is 2. The first-order valence-corrected chi connectivity index (χ1v) is 8.25. The van der Waals surface area contributed by atoms with Crippen LogP contribution in [0.2, 0.25) is 0 Å². The van der Waals surface area contributed by atoms with Crippen LogP contribution in [0.5, 0.6) is 0 Å². The number of piperidine rings is 2. The Labute approximate surface area is 128 Å². The lowest BCUT2D eigenvalue weighted by molar-refractivity contribution is -0.0731. The second-order valence-corrected chi connectivity index (χ2v) is 7.20. The van der Waals surface area contributed by atoms with Gasteiger partial charge in [-0.1, -0.05) is 0 Å². The van der Waals surface area contributed by atoms with E-state index in [1.54, 1.807) is 5.38 Å². The largest absolute Gasteiger partial charge is 0.392 e. The molecule has 3 heterocycles. The Hall–Kier alpha value is -1.18. The number of nitrogens with zero attached hydrogens (tertiary/aromatic N) is 3. The highest BCUT2D eigenvalue weighted by Gasteiger charge is 2.45. The lowest BCUT2D eigenvalue weighted by Gasteiger charge is -2.50. The molecule has 1 amide bonds. The number of amides is 1. The topological polar surface area (TPSA) is 82.7 Å². The normalized spacial score (nSPS) is 30.8. The molecular formula is C14H22N4O2S. The third-order valence-corrected chi connectivity index (χ3v) is 5.39. The molecule has 3 rings (SSSR count). The number of nitrogen functional groups attached to an aromatic ring is 1. The van der Waals surface area contributed by atoms with Gasteiger partial charge in [0.15, 0.2) is 5.13 Å². The number of thiazole rings is 1. The van der Waals surface area contributed by atoms with Crippen LogP contribution in [0.3, 0.4) is 0 Å². The Kier molecular flexibility index (Phi) is 3.90. The van der Waals surface area contributed by atoms with E-state index in [2.05, 4.69) is 16.9 Å². The van der Waals surface area contributed by atoms with Crippen LogP contribution < -0.4 is 5.73 Å². The molecule has 1 aromatic heterocycles. The molecule has 0 saturated carbocycles. The molecule has 2 aliphatic heterocycles. The highest BCUT2D eigenvalue weighted by Crippen LogP contribution is 2.38. The van der Waals surface area contributed by atoms with Crippen molar-refractivity contribution in [1.82, 2.24) is 14.8 Å².